The summed E-state index contributed by atoms with van der Waals surface area (Å²) in [5.74, 6) is 0. The first-order valence-electron chi connectivity index (χ1n) is 5.94. The molecule has 7 heteroatoms. The highest BCUT2D eigenvalue weighted by Crippen LogP contribution is 2.37. The van der Waals surface area contributed by atoms with Crippen molar-refractivity contribution in [3.63, 3.8) is 0 Å². The third kappa shape index (κ3) is 3.31. The van der Waals surface area contributed by atoms with Crippen LogP contribution in [0.4, 0.5) is 5.69 Å². The largest absolute Gasteiger partial charge is 0.268 e. The summed E-state index contributed by atoms with van der Waals surface area (Å²) < 4.78 is 27.1. The van der Waals surface area contributed by atoms with Crippen LogP contribution >= 0.6 is 45.8 Å². The fourth-order valence-corrected chi connectivity index (χ4v) is 4.07. The quantitative estimate of drug-likeness (QED) is 0.495. The molecule has 2 aromatic carbocycles. The number of anilines is 1. The van der Waals surface area contributed by atoms with Crippen LogP contribution in [0.1, 0.15) is 5.56 Å². The fourth-order valence-electron chi connectivity index (χ4n) is 1.76. The Labute approximate surface area is 148 Å². The monoisotopic (exact) mass is 455 g/mol. The van der Waals surface area contributed by atoms with Gasteiger partial charge < -0.3 is 0 Å². The van der Waals surface area contributed by atoms with Crippen molar-refractivity contribution in [3.05, 3.63) is 55.6 Å². The third-order valence-electron chi connectivity index (χ3n) is 3.03. The van der Waals surface area contributed by atoms with Gasteiger partial charge in [0, 0.05) is 10.6 Å². The molecule has 0 aliphatic heterocycles. The second kappa shape index (κ2) is 6.32. The van der Waals surface area contributed by atoms with Gasteiger partial charge in [0.1, 0.15) is 0 Å². The van der Waals surface area contributed by atoms with E-state index in [2.05, 4.69) is 0 Å². The minimum atomic E-state index is -3.67. The van der Waals surface area contributed by atoms with Gasteiger partial charge in [0.15, 0.2) is 0 Å². The molecule has 0 radical (unpaired) electrons. The molecule has 0 fully saturated rings. The maximum Gasteiger partial charge on any atom is 0.264 e. The van der Waals surface area contributed by atoms with E-state index in [1.807, 2.05) is 29.5 Å². The molecule has 0 saturated carbocycles. The number of aryl methyl sites for hydroxylation is 1. The molecule has 0 N–H and O–H groups in total. The van der Waals surface area contributed by atoms with Gasteiger partial charge in [0.05, 0.1) is 20.6 Å². The van der Waals surface area contributed by atoms with E-state index in [0.29, 0.717) is 10.7 Å². The van der Waals surface area contributed by atoms with Crippen LogP contribution in [-0.2, 0) is 10.0 Å². The number of hydrogen-bond donors (Lipinski definition) is 0. The molecule has 0 spiro atoms. The Kier molecular flexibility index (Phi) is 5.07. The molecule has 0 atom stereocenters. The normalized spacial score (nSPS) is 11.5. The summed E-state index contributed by atoms with van der Waals surface area (Å²) in [6, 6.07) is 10.0. The van der Waals surface area contributed by atoms with Gasteiger partial charge >= 0.3 is 0 Å². The highest BCUT2D eigenvalue weighted by atomic mass is 127. The lowest BCUT2D eigenvalue weighted by Gasteiger charge is -2.21. The van der Waals surface area contributed by atoms with E-state index in [-0.39, 0.29) is 9.92 Å². The zero-order valence-electron chi connectivity index (χ0n) is 11.3. The highest BCUT2D eigenvalue weighted by Gasteiger charge is 2.24. The van der Waals surface area contributed by atoms with Crippen molar-refractivity contribution < 1.29 is 8.42 Å². The minimum Gasteiger partial charge on any atom is -0.268 e. The lowest BCUT2D eigenvalue weighted by atomic mass is 10.2. The Bertz CT molecular complexity index is 776. The van der Waals surface area contributed by atoms with E-state index in [0.717, 1.165) is 13.4 Å². The summed E-state index contributed by atoms with van der Waals surface area (Å²) in [5, 5.41) is 0.572. The summed E-state index contributed by atoms with van der Waals surface area (Å²) in [4.78, 5) is 0.210. The van der Waals surface area contributed by atoms with Crippen LogP contribution in [0.2, 0.25) is 10.0 Å². The van der Waals surface area contributed by atoms with Crippen LogP contribution in [-0.4, -0.2) is 15.5 Å². The van der Waals surface area contributed by atoms with E-state index in [9.17, 15) is 8.42 Å². The number of benzene rings is 2. The molecule has 0 heterocycles. The van der Waals surface area contributed by atoms with Crippen molar-refractivity contribution >= 4 is 61.5 Å². The highest BCUT2D eigenvalue weighted by molar-refractivity contribution is 14.1. The van der Waals surface area contributed by atoms with Crippen LogP contribution < -0.4 is 4.31 Å². The molecular formula is C14H12Cl2INO2S. The molecule has 2 rings (SSSR count). The van der Waals surface area contributed by atoms with E-state index < -0.39 is 10.0 Å². The van der Waals surface area contributed by atoms with Crippen LogP contribution in [0.5, 0.6) is 0 Å². The van der Waals surface area contributed by atoms with Crippen molar-refractivity contribution in [1.82, 2.24) is 0 Å². The summed E-state index contributed by atoms with van der Waals surface area (Å²) >= 11 is 14.3. The molecular weight excluding hydrogens is 444 g/mol. The number of nitrogens with zero attached hydrogens (tertiary/aromatic N) is 1. The second-order valence-corrected chi connectivity index (χ2v) is 8.37. The Morgan fingerprint density at radius 3 is 2.14 bits per heavy atom. The summed E-state index contributed by atoms with van der Waals surface area (Å²) in [5.41, 5.74) is 1.34. The summed E-state index contributed by atoms with van der Waals surface area (Å²) in [7, 11) is -2.22. The first-order chi connectivity index (χ1) is 9.75. The lowest BCUT2D eigenvalue weighted by Crippen LogP contribution is -2.26. The molecule has 112 valence electrons. The van der Waals surface area contributed by atoms with E-state index >= 15 is 0 Å². The first-order valence-corrected chi connectivity index (χ1v) is 9.21. The zero-order chi connectivity index (χ0) is 15.8. The molecule has 0 saturated heterocycles. The standard InChI is InChI=1S/C14H12Cl2INO2S/c1-9-3-5-10(6-4-9)21(19,20)18(2)12-8-7-11(17)13(15)14(12)16/h3-8H,1-2H3. The SMILES string of the molecule is Cc1ccc(S(=O)(=O)N(C)c2ccc(I)c(Cl)c2Cl)cc1. The molecule has 0 aromatic heterocycles. The number of hydrogen-bond acceptors (Lipinski definition) is 2. The van der Waals surface area contributed by atoms with Gasteiger partial charge in [-0.05, 0) is 53.8 Å². The lowest BCUT2D eigenvalue weighted by molar-refractivity contribution is 0.594. The summed E-state index contributed by atoms with van der Waals surface area (Å²) in [6.07, 6.45) is 0. The molecule has 0 aliphatic carbocycles. The summed E-state index contributed by atoms with van der Waals surface area (Å²) in [6.45, 7) is 1.90. The van der Waals surface area contributed by atoms with Crippen molar-refractivity contribution in [2.45, 2.75) is 11.8 Å². The molecule has 0 unspecified atom stereocenters. The Morgan fingerprint density at radius 1 is 1.00 bits per heavy atom. The van der Waals surface area contributed by atoms with Crippen LogP contribution in [0.3, 0.4) is 0 Å². The van der Waals surface area contributed by atoms with E-state index in [4.69, 9.17) is 23.2 Å². The molecule has 0 amide bonds. The van der Waals surface area contributed by atoms with Gasteiger partial charge in [0.25, 0.3) is 10.0 Å². The van der Waals surface area contributed by atoms with Crippen molar-refractivity contribution in [2.75, 3.05) is 11.4 Å². The molecule has 21 heavy (non-hydrogen) atoms. The van der Waals surface area contributed by atoms with Crippen LogP contribution in [0, 0.1) is 10.5 Å². The smallest absolute Gasteiger partial charge is 0.264 e. The van der Waals surface area contributed by atoms with Crippen molar-refractivity contribution in [1.29, 1.82) is 0 Å². The van der Waals surface area contributed by atoms with Crippen LogP contribution in [0.25, 0.3) is 0 Å². The molecule has 0 aliphatic rings. The average molecular weight is 456 g/mol. The van der Waals surface area contributed by atoms with E-state index in [1.54, 1.807) is 36.4 Å². The second-order valence-electron chi connectivity index (χ2n) is 4.48. The number of sulfonamides is 1. The van der Waals surface area contributed by atoms with E-state index in [1.165, 1.54) is 7.05 Å². The maximum atomic E-state index is 12.6. The third-order valence-corrected chi connectivity index (χ3v) is 6.91. The fraction of sp³-hybridized carbons (Fsp3) is 0.143. The van der Waals surface area contributed by atoms with Gasteiger partial charge in [-0.2, -0.15) is 0 Å². The minimum absolute atomic E-state index is 0.210. The van der Waals surface area contributed by atoms with Gasteiger partial charge in [-0.25, -0.2) is 8.42 Å². The topological polar surface area (TPSA) is 37.4 Å². The van der Waals surface area contributed by atoms with Crippen molar-refractivity contribution in [3.8, 4) is 0 Å². The first kappa shape index (κ1) is 16.9. The average Bonchev–Trinajstić information content (AvgIpc) is 2.45. The molecule has 3 nitrogen and oxygen atoms in total. The number of rotatable bonds is 3. The molecule has 0 bridgehead atoms. The Balaban J connectivity index is 2.51. The van der Waals surface area contributed by atoms with Gasteiger partial charge in [-0.3, -0.25) is 4.31 Å². The predicted molar refractivity (Wildman–Crippen MR) is 95.9 cm³/mol. The maximum absolute atomic E-state index is 12.6. The zero-order valence-corrected chi connectivity index (χ0v) is 15.8. The van der Waals surface area contributed by atoms with Gasteiger partial charge in [-0.15, -0.1) is 0 Å². The predicted octanol–water partition coefficient (Wildman–Crippen LogP) is 4.73. The molecule has 2 aromatic rings. The van der Waals surface area contributed by atoms with Crippen LogP contribution in [0.15, 0.2) is 41.3 Å². The van der Waals surface area contributed by atoms with Gasteiger partial charge in [0.2, 0.25) is 0 Å². The van der Waals surface area contributed by atoms with Crippen molar-refractivity contribution in [2.24, 2.45) is 0 Å². The number of halogens is 3. The van der Waals surface area contributed by atoms with Gasteiger partial charge in [-0.1, -0.05) is 40.9 Å². The Hall–Kier alpha value is -0.500. The Morgan fingerprint density at radius 2 is 1.57 bits per heavy atom.